The number of hydrogen-bond donors (Lipinski definition) is 1. The quantitative estimate of drug-likeness (QED) is 0.692. The van der Waals surface area contributed by atoms with Crippen LogP contribution in [-0.4, -0.2) is 93.1 Å². The van der Waals surface area contributed by atoms with Crippen molar-refractivity contribution in [1.29, 1.82) is 0 Å². The molecule has 1 amide bonds. The van der Waals surface area contributed by atoms with E-state index in [1.165, 1.54) is 0 Å². The van der Waals surface area contributed by atoms with Crippen LogP contribution in [0.15, 0.2) is 16.5 Å². The second-order valence-electron chi connectivity index (χ2n) is 8.25. The fourth-order valence-electron chi connectivity index (χ4n) is 4.39. The lowest BCUT2D eigenvalue weighted by atomic mass is 9.71. The van der Waals surface area contributed by atoms with Crippen molar-refractivity contribution in [3.63, 3.8) is 0 Å². The lowest BCUT2D eigenvalue weighted by Gasteiger charge is -2.42. The van der Waals surface area contributed by atoms with Crippen LogP contribution in [-0.2, 0) is 14.3 Å². The normalized spacial score (nSPS) is 20.8. The van der Waals surface area contributed by atoms with E-state index in [0.717, 1.165) is 64.5 Å². The predicted molar refractivity (Wildman–Crippen MR) is 108 cm³/mol. The Morgan fingerprint density at radius 2 is 1.84 bits per heavy atom. The maximum absolute atomic E-state index is 12.6. The van der Waals surface area contributed by atoms with Gasteiger partial charge >= 0.3 is 12.1 Å². The molecular weight excluding hydrogens is 433 g/mol. The van der Waals surface area contributed by atoms with Crippen LogP contribution in [0.1, 0.15) is 29.2 Å². The van der Waals surface area contributed by atoms with Crippen molar-refractivity contribution < 1.29 is 41.8 Å². The first-order valence-electron chi connectivity index (χ1n) is 10.4. The first-order chi connectivity index (χ1) is 15.0. The highest BCUT2D eigenvalue weighted by Gasteiger charge is 2.48. The molecule has 2 aliphatic heterocycles. The molecule has 2 aliphatic rings. The Morgan fingerprint density at radius 1 is 1.22 bits per heavy atom. The molecule has 8 nitrogen and oxygen atoms in total. The number of furan rings is 1. The average Bonchev–Trinajstić information content (AvgIpc) is 3.31. The van der Waals surface area contributed by atoms with Crippen LogP contribution >= 0.6 is 0 Å². The Bertz CT molecular complexity index is 759. The molecule has 1 aromatic rings. The van der Waals surface area contributed by atoms with E-state index in [2.05, 4.69) is 4.90 Å². The van der Waals surface area contributed by atoms with E-state index in [9.17, 15) is 18.0 Å². The molecule has 1 atom stereocenters. The van der Waals surface area contributed by atoms with E-state index in [4.69, 9.17) is 23.8 Å². The summed E-state index contributed by atoms with van der Waals surface area (Å²) in [5.74, 6) is -0.984. The minimum absolute atomic E-state index is 0.0143. The van der Waals surface area contributed by atoms with Crippen LogP contribution in [0, 0.1) is 18.3 Å². The van der Waals surface area contributed by atoms with Crippen LogP contribution in [0.2, 0.25) is 0 Å². The Balaban J connectivity index is 0.000000451. The van der Waals surface area contributed by atoms with Crippen molar-refractivity contribution in [2.45, 2.75) is 25.9 Å². The molecule has 3 heterocycles. The molecule has 2 fully saturated rings. The molecule has 32 heavy (non-hydrogen) atoms. The highest BCUT2D eigenvalue weighted by Crippen LogP contribution is 2.45. The monoisotopic (exact) mass is 464 g/mol. The van der Waals surface area contributed by atoms with Crippen molar-refractivity contribution in [1.82, 2.24) is 9.80 Å². The number of rotatable bonds is 6. The largest absolute Gasteiger partial charge is 0.490 e. The summed E-state index contributed by atoms with van der Waals surface area (Å²) in [7, 11) is 3.53. The number of hydrogen-bond acceptors (Lipinski definition) is 6. The standard InChI is InChI=1S/C19H30N2O4.C2HF3O2/c1-15-4-5-17(25-15)18(22)21-8-6-19(7-9-21)14-20(10-11-23-2)12-16(19)13-24-3;3-2(4,5)1(6)7/h4-5,16H,6-14H2,1-3H3;(H,6,7). The zero-order valence-corrected chi connectivity index (χ0v) is 18.6. The maximum Gasteiger partial charge on any atom is 0.490 e. The summed E-state index contributed by atoms with van der Waals surface area (Å²) in [5.41, 5.74) is 0.250. The van der Waals surface area contributed by atoms with Gasteiger partial charge in [0.05, 0.1) is 13.2 Å². The minimum atomic E-state index is -5.08. The summed E-state index contributed by atoms with van der Waals surface area (Å²) in [6.07, 6.45) is -3.04. The third-order valence-electron chi connectivity index (χ3n) is 6.10. The smallest absolute Gasteiger partial charge is 0.475 e. The number of carboxylic acid groups (broad SMARTS) is 1. The average molecular weight is 464 g/mol. The van der Waals surface area contributed by atoms with Gasteiger partial charge in [-0.2, -0.15) is 13.2 Å². The number of halogens is 3. The lowest BCUT2D eigenvalue weighted by Crippen LogP contribution is -2.47. The Morgan fingerprint density at radius 3 is 2.31 bits per heavy atom. The van der Waals surface area contributed by atoms with Crippen LogP contribution in [0.4, 0.5) is 13.2 Å². The van der Waals surface area contributed by atoms with Crippen molar-refractivity contribution in [3.05, 3.63) is 23.7 Å². The number of ether oxygens (including phenoxy) is 2. The van der Waals surface area contributed by atoms with Gasteiger partial charge in [0.25, 0.3) is 5.91 Å². The number of carboxylic acids is 1. The number of aryl methyl sites for hydroxylation is 1. The number of aliphatic carboxylic acids is 1. The molecule has 2 saturated heterocycles. The molecule has 3 rings (SSSR count). The molecule has 0 radical (unpaired) electrons. The third kappa shape index (κ3) is 6.69. The molecule has 1 spiro atoms. The van der Waals surface area contributed by atoms with E-state index >= 15 is 0 Å². The highest BCUT2D eigenvalue weighted by atomic mass is 19.4. The van der Waals surface area contributed by atoms with Crippen molar-refractivity contribution in [3.8, 4) is 0 Å². The predicted octanol–water partition coefficient (Wildman–Crippen LogP) is 2.67. The first kappa shape index (κ1) is 26.1. The number of piperidine rings is 1. The first-order valence-corrected chi connectivity index (χ1v) is 10.4. The molecule has 0 aromatic carbocycles. The number of carbonyl (C=O) groups excluding carboxylic acids is 1. The van der Waals surface area contributed by atoms with Gasteiger partial charge in [-0.25, -0.2) is 4.79 Å². The fourth-order valence-corrected chi connectivity index (χ4v) is 4.39. The van der Waals surface area contributed by atoms with Crippen molar-refractivity contribution >= 4 is 11.9 Å². The maximum atomic E-state index is 12.6. The molecule has 0 bridgehead atoms. The van der Waals surface area contributed by atoms with Gasteiger partial charge in [0.15, 0.2) is 5.76 Å². The third-order valence-corrected chi connectivity index (χ3v) is 6.10. The van der Waals surface area contributed by atoms with Gasteiger partial charge in [0.1, 0.15) is 5.76 Å². The molecule has 0 saturated carbocycles. The summed E-state index contributed by atoms with van der Waals surface area (Å²) >= 11 is 0. The number of carbonyl (C=O) groups is 2. The fraction of sp³-hybridized carbons (Fsp3) is 0.714. The second kappa shape index (κ2) is 11.2. The molecule has 1 aromatic heterocycles. The lowest BCUT2D eigenvalue weighted by molar-refractivity contribution is -0.192. The van der Waals surface area contributed by atoms with E-state index < -0.39 is 12.1 Å². The minimum Gasteiger partial charge on any atom is -0.475 e. The molecule has 1 unspecified atom stereocenters. The second-order valence-corrected chi connectivity index (χ2v) is 8.25. The number of methoxy groups -OCH3 is 2. The van der Waals surface area contributed by atoms with Crippen LogP contribution in [0.3, 0.4) is 0 Å². The number of likely N-dealkylation sites (tertiary alicyclic amines) is 2. The van der Waals surface area contributed by atoms with Gasteiger partial charge < -0.3 is 28.8 Å². The summed E-state index contributed by atoms with van der Waals surface area (Å²) in [4.78, 5) is 25.9. The number of amides is 1. The van der Waals surface area contributed by atoms with Gasteiger partial charge in [-0.05, 0) is 37.3 Å². The van der Waals surface area contributed by atoms with Crippen LogP contribution in [0.5, 0.6) is 0 Å². The highest BCUT2D eigenvalue weighted by molar-refractivity contribution is 5.91. The molecule has 1 N–H and O–H groups in total. The Labute approximate surface area is 185 Å². The summed E-state index contributed by atoms with van der Waals surface area (Å²) in [6, 6.07) is 3.62. The van der Waals surface area contributed by atoms with E-state index in [-0.39, 0.29) is 11.3 Å². The van der Waals surface area contributed by atoms with E-state index in [0.29, 0.717) is 11.7 Å². The molecular formula is C21H31F3N2O6. The summed E-state index contributed by atoms with van der Waals surface area (Å²) in [5, 5.41) is 7.12. The molecule has 0 aliphatic carbocycles. The molecule has 11 heteroatoms. The van der Waals surface area contributed by atoms with Crippen molar-refractivity contribution in [2.24, 2.45) is 11.3 Å². The summed E-state index contributed by atoms with van der Waals surface area (Å²) in [6.45, 7) is 8.09. The van der Waals surface area contributed by atoms with Gasteiger partial charge in [-0.15, -0.1) is 0 Å². The SMILES string of the molecule is COCCN1CC(COC)C2(CCN(C(=O)c3ccc(C)o3)CC2)C1.O=C(O)C(F)(F)F. The Kier molecular flexibility index (Phi) is 9.11. The van der Waals surface area contributed by atoms with Gasteiger partial charge in [-0.3, -0.25) is 4.79 Å². The van der Waals surface area contributed by atoms with Gasteiger partial charge in [-0.1, -0.05) is 0 Å². The topological polar surface area (TPSA) is 92.5 Å². The van der Waals surface area contributed by atoms with E-state index in [1.807, 2.05) is 17.9 Å². The van der Waals surface area contributed by atoms with Crippen LogP contribution in [0.25, 0.3) is 0 Å². The Hall–Kier alpha value is -2.11. The van der Waals surface area contributed by atoms with Gasteiger partial charge in [0.2, 0.25) is 0 Å². The van der Waals surface area contributed by atoms with E-state index in [1.54, 1.807) is 20.3 Å². The summed E-state index contributed by atoms with van der Waals surface area (Å²) < 4.78 is 48.0. The van der Waals surface area contributed by atoms with Crippen molar-refractivity contribution in [2.75, 3.05) is 60.2 Å². The van der Waals surface area contributed by atoms with Gasteiger partial charge in [0, 0.05) is 52.9 Å². The number of nitrogens with zero attached hydrogens (tertiary/aromatic N) is 2. The molecule has 182 valence electrons. The number of alkyl halides is 3. The zero-order chi connectivity index (χ0) is 23.9. The van der Waals surface area contributed by atoms with Crippen LogP contribution < -0.4 is 0 Å². The zero-order valence-electron chi connectivity index (χ0n) is 18.6.